The number of ether oxygens (including phenoxy) is 1. The maximum absolute atomic E-state index is 13.8. The Bertz CT molecular complexity index is 429. The minimum Gasteiger partial charge on any atom is -0.497 e. The molecule has 0 radical (unpaired) electrons. The van der Waals surface area contributed by atoms with Crippen LogP contribution in [0.3, 0.4) is 0 Å². The number of carbonyl (C=O) groups is 1. The fourth-order valence-corrected chi connectivity index (χ4v) is 2.53. The Morgan fingerprint density at radius 1 is 1.33 bits per heavy atom. The van der Waals surface area contributed by atoms with Crippen LogP contribution in [0.5, 0.6) is 5.75 Å². The molecule has 0 saturated heterocycles. The number of hydrogen-bond acceptors (Lipinski definition) is 2. The zero-order valence-corrected chi connectivity index (χ0v) is 10.7. The normalized spacial score (nSPS) is 20.6. The van der Waals surface area contributed by atoms with Gasteiger partial charge in [0.1, 0.15) is 17.3 Å². The monoisotopic (exact) mass is 250 g/mol. The summed E-state index contributed by atoms with van der Waals surface area (Å²) in [5, 5.41) is 0. The molecule has 98 valence electrons. The summed E-state index contributed by atoms with van der Waals surface area (Å²) in [5.74, 6) is 0.535. The minimum absolute atomic E-state index is 0.00426. The van der Waals surface area contributed by atoms with Gasteiger partial charge in [-0.05, 0) is 30.9 Å². The molecular formula is C15H19FO2. The van der Waals surface area contributed by atoms with E-state index < -0.39 is 0 Å². The Balaban J connectivity index is 2.10. The molecule has 2 nitrogen and oxygen atoms in total. The second kappa shape index (κ2) is 5.98. The lowest BCUT2D eigenvalue weighted by molar-refractivity contribution is -0.122. The molecule has 0 amide bonds. The molecule has 18 heavy (non-hydrogen) atoms. The van der Waals surface area contributed by atoms with Gasteiger partial charge in [-0.25, -0.2) is 4.39 Å². The first-order valence-corrected chi connectivity index (χ1v) is 6.56. The van der Waals surface area contributed by atoms with Crippen molar-refractivity contribution in [2.45, 2.75) is 38.5 Å². The zero-order chi connectivity index (χ0) is 13.0. The maximum Gasteiger partial charge on any atom is 0.136 e. The standard InChI is InChI=1S/C15H19FO2/c1-18-13-8-7-11(14(16)10-13)9-12-5-3-2-4-6-15(12)17/h7-8,10,12H,2-6,9H2,1H3. The second-order valence-electron chi connectivity index (χ2n) is 4.92. The first-order chi connectivity index (χ1) is 8.70. The summed E-state index contributed by atoms with van der Waals surface area (Å²) in [6, 6.07) is 4.86. The van der Waals surface area contributed by atoms with Crippen molar-refractivity contribution in [1.82, 2.24) is 0 Å². The molecule has 0 aliphatic heterocycles. The molecule has 1 aliphatic rings. The predicted molar refractivity (Wildman–Crippen MR) is 68.2 cm³/mol. The van der Waals surface area contributed by atoms with E-state index in [1.807, 2.05) is 0 Å². The largest absolute Gasteiger partial charge is 0.497 e. The van der Waals surface area contributed by atoms with E-state index in [9.17, 15) is 9.18 Å². The van der Waals surface area contributed by atoms with Crippen LogP contribution in [0.4, 0.5) is 4.39 Å². The number of rotatable bonds is 3. The Morgan fingerprint density at radius 2 is 2.17 bits per heavy atom. The number of methoxy groups -OCH3 is 1. The van der Waals surface area contributed by atoms with Crippen molar-refractivity contribution in [2.24, 2.45) is 5.92 Å². The highest BCUT2D eigenvalue weighted by molar-refractivity contribution is 5.81. The lowest BCUT2D eigenvalue weighted by Crippen LogP contribution is -2.16. The van der Waals surface area contributed by atoms with Crippen molar-refractivity contribution >= 4 is 5.78 Å². The van der Waals surface area contributed by atoms with Crippen LogP contribution in [0.25, 0.3) is 0 Å². The topological polar surface area (TPSA) is 26.3 Å². The van der Waals surface area contributed by atoms with Gasteiger partial charge in [-0.1, -0.05) is 18.9 Å². The molecule has 1 aromatic rings. The van der Waals surface area contributed by atoms with Crippen LogP contribution < -0.4 is 4.74 Å². The van der Waals surface area contributed by atoms with Gasteiger partial charge in [0.2, 0.25) is 0 Å². The van der Waals surface area contributed by atoms with Crippen molar-refractivity contribution in [3.63, 3.8) is 0 Å². The van der Waals surface area contributed by atoms with Gasteiger partial charge < -0.3 is 4.74 Å². The molecule has 0 aromatic heterocycles. The predicted octanol–water partition coefficient (Wildman–Crippen LogP) is 3.53. The third-order valence-corrected chi connectivity index (χ3v) is 3.66. The highest BCUT2D eigenvalue weighted by Gasteiger charge is 2.22. The van der Waals surface area contributed by atoms with Crippen LogP contribution >= 0.6 is 0 Å². The Labute approximate surface area is 107 Å². The fraction of sp³-hybridized carbons (Fsp3) is 0.533. The molecular weight excluding hydrogens is 231 g/mol. The summed E-state index contributed by atoms with van der Waals surface area (Å²) in [5.41, 5.74) is 0.621. The molecule has 3 heteroatoms. The highest BCUT2D eigenvalue weighted by atomic mass is 19.1. The van der Waals surface area contributed by atoms with Gasteiger partial charge in [-0.15, -0.1) is 0 Å². The van der Waals surface area contributed by atoms with Crippen molar-refractivity contribution < 1.29 is 13.9 Å². The van der Waals surface area contributed by atoms with Crippen molar-refractivity contribution in [2.75, 3.05) is 7.11 Å². The third-order valence-electron chi connectivity index (χ3n) is 3.66. The van der Waals surface area contributed by atoms with Crippen molar-refractivity contribution in [3.8, 4) is 5.75 Å². The molecule has 0 spiro atoms. The van der Waals surface area contributed by atoms with Crippen LogP contribution in [-0.2, 0) is 11.2 Å². The number of hydrogen-bond donors (Lipinski definition) is 0. The molecule has 1 aromatic carbocycles. The van der Waals surface area contributed by atoms with Crippen molar-refractivity contribution in [1.29, 1.82) is 0 Å². The molecule has 0 N–H and O–H groups in total. The number of ketones is 1. The Hall–Kier alpha value is -1.38. The van der Waals surface area contributed by atoms with Crippen LogP contribution in [-0.4, -0.2) is 12.9 Å². The number of Topliss-reactive ketones (excluding diaryl/α,β-unsaturated/α-hetero) is 1. The summed E-state index contributed by atoms with van der Waals surface area (Å²) in [6.45, 7) is 0. The second-order valence-corrected chi connectivity index (χ2v) is 4.92. The van der Waals surface area contributed by atoms with E-state index in [4.69, 9.17) is 4.74 Å². The van der Waals surface area contributed by atoms with Crippen LogP contribution in [0.2, 0.25) is 0 Å². The van der Waals surface area contributed by atoms with E-state index in [2.05, 4.69) is 0 Å². The number of halogens is 1. The molecule has 1 saturated carbocycles. The summed E-state index contributed by atoms with van der Waals surface area (Å²) >= 11 is 0. The van der Waals surface area contributed by atoms with E-state index in [1.165, 1.54) is 13.2 Å². The minimum atomic E-state index is -0.272. The van der Waals surface area contributed by atoms with Crippen LogP contribution in [0.1, 0.15) is 37.7 Å². The molecule has 1 atom stereocenters. The SMILES string of the molecule is COc1ccc(CC2CCCCCC2=O)c(F)c1. The van der Waals surface area contributed by atoms with Crippen molar-refractivity contribution in [3.05, 3.63) is 29.6 Å². The molecule has 0 heterocycles. The molecule has 0 bridgehead atoms. The first-order valence-electron chi connectivity index (χ1n) is 6.56. The highest BCUT2D eigenvalue weighted by Crippen LogP contribution is 2.25. The van der Waals surface area contributed by atoms with Gasteiger partial charge in [-0.2, -0.15) is 0 Å². The third kappa shape index (κ3) is 3.09. The summed E-state index contributed by atoms with van der Waals surface area (Å²) in [6.07, 6.45) is 5.25. The smallest absolute Gasteiger partial charge is 0.136 e. The van der Waals surface area contributed by atoms with E-state index in [-0.39, 0.29) is 11.7 Å². The van der Waals surface area contributed by atoms with Gasteiger partial charge in [0, 0.05) is 18.4 Å². The lowest BCUT2D eigenvalue weighted by Gasteiger charge is -2.13. The van der Waals surface area contributed by atoms with E-state index >= 15 is 0 Å². The lowest BCUT2D eigenvalue weighted by atomic mass is 9.91. The Kier molecular flexibility index (Phi) is 4.34. The molecule has 1 unspecified atom stereocenters. The van der Waals surface area contributed by atoms with Gasteiger partial charge in [0.05, 0.1) is 7.11 Å². The fourth-order valence-electron chi connectivity index (χ4n) is 2.53. The maximum atomic E-state index is 13.8. The van der Waals surface area contributed by atoms with Gasteiger partial charge in [0.25, 0.3) is 0 Å². The molecule has 2 rings (SSSR count). The average molecular weight is 250 g/mol. The summed E-state index contributed by atoms with van der Waals surface area (Å²) in [7, 11) is 1.52. The van der Waals surface area contributed by atoms with Gasteiger partial charge in [0.15, 0.2) is 0 Å². The summed E-state index contributed by atoms with van der Waals surface area (Å²) < 4.78 is 18.8. The average Bonchev–Trinajstić information content (AvgIpc) is 2.57. The number of carbonyl (C=O) groups excluding carboxylic acids is 1. The van der Waals surface area contributed by atoms with E-state index in [0.717, 1.165) is 25.7 Å². The van der Waals surface area contributed by atoms with Crippen LogP contribution in [0.15, 0.2) is 18.2 Å². The number of benzene rings is 1. The Morgan fingerprint density at radius 3 is 2.89 bits per heavy atom. The molecule has 1 aliphatic carbocycles. The first kappa shape index (κ1) is 13.1. The van der Waals surface area contributed by atoms with E-state index in [0.29, 0.717) is 29.9 Å². The van der Waals surface area contributed by atoms with Gasteiger partial charge >= 0.3 is 0 Å². The van der Waals surface area contributed by atoms with Gasteiger partial charge in [-0.3, -0.25) is 4.79 Å². The summed E-state index contributed by atoms with van der Waals surface area (Å²) in [4.78, 5) is 11.9. The molecule has 1 fully saturated rings. The van der Waals surface area contributed by atoms with Crippen LogP contribution in [0, 0.1) is 11.7 Å². The zero-order valence-electron chi connectivity index (χ0n) is 10.7. The van der Waals surface area contributed by atoms with E-state index in [1.54, 1.807) is 12.1 Å². The quantitative estimate of drug-likeness (QED) is 0.767.